The average molecular weight is 330 g/mol. The van der Waals surface area contributed by atoms with Gasteiger partial charge in [-0.25, -0.2) is 4.79 Å². The largest absolute Gasteiger partial charge is 0.459 e. The minimum absolute atomic E-state index is 0.0593. The van der Waals surface area contributed by atoms with Crippen LogP contribution < -0.4 is 0 Å². The molecule has 0 aliphatic heterocycles. The van der Waals surface area contributed by atoms with Crippen molar-refractivity contribution in [3.8, 4) is 6.07 Å². The first-order valence-corrected chi connectivity index (χ1v) is 7.46. The Morgan fingerprint density at radius 2 is 2.22 bits per heavy atom. The topological polar surface area (TPSA) is 67.9 Å². The lowest BCUT2D eigenvalue weighted by Gasteiger charge is -2.06. The van der Waals surface area contributed by atoms with Crippen molar-refractivity contribution < 1.29 is 9.53 Å². The first kappa shape index (κ1) is 16.8. The van der Waals surface area contributed by atoms with Gasteiger partial charge in [0.25, 0.3) is 0 Å². The highest BCUT2D eigenvalue weighted by molar-refractivity contribution is 6.31. The van der Waals surface area contributed by atoms with Crippen LogP contribution in [0.15, 0.2) is 42.2 Å². The van der Waals surface area contributed by atoms with E-state index in [1.807, 2.05) is 30.3 Å². The molecule has 0 spiro atoms. The van der Waals surface area contributed by atoms with Gasteiger partial charge in [-0.3, -0.25) is 4.68 Å². The van der Waals surface area contributed by atoms with Crippen molar-refractivity contribution >= 4 is 23.6 Å². The molecule has 6 heteroatoms. The summed E-state index contributed by atoms with van der Waals surface area (Å²) in [7, 11) is 0. The van der Waals surface area contributed by atoms with E-state index in [1.165, 1.54) is 6.08 Å². The molecule has 0 saturated heterocycles. The van der Waals surface area contributed by atoms with E-state index in [9.17, 15) is 4.79 Å². The third kappa shape index (κ3) is 4.70. The summed E-state index contributed by atoms with van der Waals surface area (Å²) in [6.45, 7) is 3.97. The van der Waals surface area contributed by atoms with Crippen molar-refractivity contribution in [3.05, 3.63) is 58.4 Å². The standard InChI is InChI=1S/C17H16ClN3O2/c1-12(2)23-17(22)15(8-19)7-13-9-20-21(10-13)11-14-5-3-4-6-16(14)18/h3-7,9-10,12H,11H2,1-2H3/b15-7+. The zero-order valence-corrected chi connectivity index (χ0v) is 13.6. The Morgan fingerprint density at radius 3 is 2.87 bits per heavy atom. The Hall–Kier alpha value is -2.58. The Morgan fingerprint density at radius 1 is 1.48 bits per heavy atom. The fraction of sp³-hybridized carbons (Fsp3) is 0.235. The van der Waals surface area contributed by atoms with Gasteiger partial charge in [0.1, 0.15) is 11.6 Å². The normalized spacial score (nSPS) is 11.3. The number of carbonyl (C=O) groups is 1. The number of hydrogen-bond acceptors (Lipinski definition) is 4. The van der Waals surface area contributed by atoms with Gasteiger partial charge in [0.2, 0.25) is 0 Å². The maximum atomic E-state index is 11.8. The Balaban J connectivity index is 2.15. The van der Waals surface area contributed by atoms with Crippen LogP contribution >= 0.6 is 11.6 Å². The van der Waals surface area contributed by atoms with E-state index in [0.29, 0.717) is 17.1 Å². The van der Waals surface area contributed by atoms with Crippen molar-refractivity contribution in [2.24, 2.45) is 0 Å². The van der Waals surface area contributed by atoms with E-state index in [1.54, 1.807) is 30.9 Å². The van der Waals surface area contributed by atoms with Gasteiger partial charge in [-0.1, -0.05) is 29.8 Å². The minimum atomic E-state index is -0.638. The molecule has 0 aliphatic carbocycles. The fourth-order valence-electron chi connectivity index (χ4n) is 1.92. The van der Waals surface area contributed by atoms with Gasteiger partial charge >= 0.3 is 5.97 Å². The maximum absolute atomic E-state index is 11.8. The third-order valence-corrected chi connectivity index (χ3v) is 3.31. The molecule has 0 bridgehead atoms. The van der Waals surface area contributed by atoms with Gasteiger partial charge in [-0.2, -0.15) is 10.4 Å². The maximum Gasteiger partial charge on any atom is 0.349 e. The smallest absolute Gasteiger partial charge is 0.349 e. The third-order valence-electron chi connectivity index (χ3n) is 2.94. The van der Waals surface area contributed by atoms with Crippen molar-refractivity contribution in [2.45, 2.75) is 26.5 Å². The van der Waals surface area contributed by atoms with Gasteiger partial charge in [-0.05, 0) is 31.6 Å². The van der Waals surface area contributed by atoms with Crippen LogP contribution in [-0.4, -0.2) is 21.9 Å². The van der Waals surface area contributed by atoms with Gasteiger partial charge in [-0.15, -0.1) is 0 Å². The number of hydrogen-bond donors (Lipinski definition) is 0. The van der Waals surface area contributed by atoms with Gasteiger partial charge in [0, 0.05) is 16.8 Å². The molecule has 0 unspecified atom stereocenters. The van der Waals surface area contributed by atoms with Gasteiger partial charge in [0.05, 0.1) is 18.8 Å². The monoisotopic (exact) mass is 329 g/mol. The summed E-state index contributed by atoms with van der Waals surface area (Å²) >= 11 is 6.12. The number of nitriles is 1. The predicted octanol–water partition coefficient (Wildman–Crippen LogP) is 3.44. The molecule has 5 nitrogen and oxygen atoms in total. The molecule has 0 radical (unpaired) electrons. The summed E-state index contributed by atoms with van der Waals surface area (Å²) in [5, 5.41) is 14.0. The molecular weight excluding hydrogens is 314 g/mol. The summed E-state index contributed by atoms with van der Waals surface area (Å²) in [6.07, 6.45) is 4.50. The van der Waals surface area contributed by atoms with Crippen molar-refractivity contribution in [1.29, 1.82) is 5.26 Å². The Kier molecular flexibility index (Phi) is 5.56. The number of ether oxygens (including phenoxy) is 1. The van der Waals surface area contributed by atoms with Crippen LogP contribution in [0.5, 0.6) is 0 Å². The highest BCUT2D eigenvalue weighted by Crippen LogP contribution is 2.16. The molecule has 0 N–H and O–H groups in total. The first-order valence-electron chi connectivity index (χ1n) is 7.08. The van der Waals surface area contributed by atoms with E-state index >= 15 is 0 Å². The summed E-state index contributed by atoms with van der Waals surface area (Å²) in [6, 6.07) is 9.35. The number of benzene rings is 1. The van der Waals surface area contributed by atoms with Crippen LogP contribution in [0.4, 0.5) is 0 Å². The van der Waals surface area contributed by atoms with Crippen LogP contribution in [0.1, 0.15) is 25.0 Å². The highest BCUT2D eigenvalue weighted by Gasteiger charge is 2.13. The summed E-state index contributed by atoms with van der Waals surface area (Å²) in [5.74, 6) is -0.638. The molecule has 1 aromatic heterocycles. The molecule has 0 atom stereocenters. The molecule has 0 amide bonds. The van der Waals surface area contributed by atoms with Crippen LogP contribution in [0.25, 0.3) is 6.08 Å². The van der Waals surface area contributed by atoms with Gasteiger partial charge in [0.15, 0.2) is 0 Å². The SMILES string of the molecule is CC(C)OC(=O)/C(C#N)=C/c1cnn(Cc2ccccc2Cl)c1. The van der Waals surface area contributed by atoms with Gasteiger partial charge < -0.3 is 4.74 Å². The van der Waals surface area contributed by atoms with Crippen molar-refractivity contribution in [1.82, 2.24) is 9.78 Å². The second-order valence-electron chi connectivity index (χ2n) is 5.19. The number of rotatable bonds is 5. The van der Waals surface area contributed by atoms with Crippen LogP contribution in [0, 0.1) is 11.3 Å². The lowest BCUT2D eigenvalue weighted by Crippen LogP contribution is -2.12. The quantitative estimate of drug-likeness (QED) is 0.478. The van der Waals surface area contributed by atoms with Crippen LogP contribution in [0.2, 0.25) is 5.02 Å². The van der Waals surface area contributed by atoms with Crippen molar-refractivity contribution in [3.63, 3.8) is 0 Å². The summed E-state index contributed by atoms with van der Waals surface area (Å²) in [4.78, 5) is 11.8. The molecule has 0 saturated carbocycles. The van der Waals surface area contributed by atoms with E-state index in [2.05, 4.69) is 5.10 Å². The fourth-order valence-corrected chi connectivity index (χ4v) is 2.12. The predicted molar refractivity (Wildman–Crippen MR) is 87.6 cm³/mol. The molecule has 0 aliphatic rings. The second kappa shape index (κ2) is 7.61. The number of esters is 1. The zero-order valence-electron chi connectivity index (χ0n) is 12.9. The Bertz CT molecular complexity index is 772. The number of nitrogens with zero attached hydrogens (tertiary/aromatic N) is 3. The van der Waals surface area contributed by atoms with E-state index in [0.717, 1.165) is 5.56 Å². The minimum Gasteiger partial charge on any atom is -0.459 e. The first-order chi connectivity index (χ1) is 11.0. The lowest BCUT2D eigenvalue weighted by atomic mass is 10.2. The molecule has 118 valence electrons. The number of halogens is 1. The number of carbonyl (C=O) groups excluding carboxylic acids is 1. The highest BCUT2D eigenvalue weighted by atomic mass is 35.5. The molecule has 23 heavy (non-hydrogen) atoms. The van der Waals surface area contributed by atoms with E-state index < -0.39 is 5.97 Å². The number of aromatic nitrogens is 2. The molecule has 1 aromatic carbocycles. The second-order valence-corrected chi connectivity index (χ2v) is 5.59. The lowest BCUT2D eigenvalue weighted by molar-refractivity contribution is -0.142. The Labute approximate surface area is 139 Å². The van der Waals surface area contributed by atoms with Crippen LogP contribution in [-0.2, 0) is 16.1 Å². The molecule has 2 aromatic rings. The van der Waals surface area contributed by atoms with E-state index in [-0.39, 0.29) is 11.7 Å². The molecular formula is C17H16ClN3O2. The van der Waals surface area contributed by atoms with Crippen molar-refractivity contribution in [2.75, 3.05) is 0 Å². The average Bonchev–Trinajstić information content (AvgIpc) is 2.93. The molecule has 0 fully saturated rings. The summed E-state index contributed by atoms with van der Waals surface area (Å²) < 4.78 is 6.71. The van der Waals surface area contributed by atoms with E-state index in [4.69, 9.17) is 21.6 Å². The molecule has 1 heterocycles. The zero-order chi connectivity index (χ0) is 16.8. The summed E-state index contributed by atoms with van der Waals surface area (Å²) in [5.41, 5.74) is 1.53. The molecule has 2 rings (SSSR count). The van der Waals surface area contributed by atoms with Crippen LogP contribution in [0.3, 0.4) is 0 Å².